The average molecular weight is 516 g/mol. The summed E-state index contributed by atoms with van der Waals surface area (Å²) in [6, 6.07) is 8.09. The van der Waals surface area contributed by atoms with Crippen LogP contribution in [0.15, 0.2) is 44.4 Å². The molecule has 0 heterocycles. The minimum atomic E-state index is -1.11. The van der Waals surface area contributed by atoms with Gasteiger partial charge in [0.25, 0.3) is 5.91 Å². The summed E-state index contributed by atoms with van der Waals surface area (Å²) in [5, 5.41) is 12.7. The van der Waals surface area contributed by atoms with Crippen LogP contribution in [0, 0.1) is 0 Å². The van der Waals surface area contributed by atoms with E-state index in [0.717, 1.165) is 4.47 Å². The number of amides is 1. The SMILES string of the molecule is COc1ccc(C(=O)N/N=C/c2cc(Br)cc(Br)c2OCC(=O)O)cc1OC. The molecule has 0 aliphatic carbocycles. The number of hydrogen-bond acceptors (Lipinski definition) is 6. The monoisotopic (exact) mass is 514 g/mol. The first-order valence-corrected chi connectivity index (χ1v) is 9.33. The zero-order valence-electron chi connectivity index (χ0n) is 14.9. The van der Waals surface area contributed by atoms with Crippen LogP contribution in [0.25, 0.3) is 0 Å². The highest BCUT2D eigenvalue weighted by Crippen LogP contribution is 2.32. The van der Waals surface area contributed by atoms with E-state index in [4.69, 9.17) is 19.3 Å². The van der Waals surface area contributed by atoms with E-state index >= 15 is 0 Å². The maximum atomic E-state index is 12.3. The fraction of sp³-hybridized carbons (Fsp3) is 0.167. The summed E-state index contributed by atoms with van der Waals surface area (Å²) in [4.78, 5) is 23.0. The van der Waals surface area contributed by atoms with Gasteiger partial charge in [-0.15, -0.1) is 0 Å². The molecule has 0 aliphatic heterocycles. The molecule has 10 heteroatoms. The van der Waals surface area contributed by atoms with Crippen LogP contribution in [0.3, 0.4) is 0 Å². The Bertz CT molecular complexity index is 917. The van der Waals surface area contributed by atoms with Crippen LogP contribution < -0.4 is 19.6 Å². The number of halogens is 2. The number of carboxylic acid groups (broad SMARTS) is 1. The lowest BCUT2D eigenvalue weighted by atomic mass is 10.2. The number of ether oxygens (including phenoxy) is 3. The smallest absolute Gasteiger partial charge is 0.341 e. The second-order valence-electron chi connectivity index (χ2n) is 5.26. The van der Waals surface area contributed by atoms with Gasteiger partial charge in [-0.1, -0.05) is 15.9 Å². The molecule has 0 bridgehead atoms. The summed E-state index contributed by atoms with van der Waals surface area (Å²) >= 11 is 6.65. The van der Waals surface area contributed by atoms with Gasteiger partial charge in [0, 0.05) is 15.6 Å². The lowest BCUT2D eigenvalue weighted by Crippen LogP contribution is -2.18. The molecule has 2 aromatic carbocycles. The summed E-state index contributed by atoms with van der Waals surface area (Å²) in [5.41, 5.74) is 3.19. The van der Waals surface area contributed by atoms with E-state index in [1.807, 2.05) is 0 Å². The summed E-state index contributed by atoms with van der Waals surface area (Å²) in [7, 11) is 2.98. The molecule has 0 saturated heterocycles. The molecule has 0 aromatic heterocycles. The van der Waals surface area contributed by atoms with Crippen molar-refractivity contribution in [2.75, 3.05) is 20.8 Å². The normalized spacial score (nSPS) is 10.6. The van der Waals surface area contributed by atoms with Gasteiger partial charge in [0.1, 0.15) is 5.75 Å². The predicted octanol–water partition coefficient (Wildman–Crippen LogP) is 3.46. The Morgan fingerprint density at radius 1 is 1.14 bits per heavy atom. The number of nitrogens with one attached hydrogen (secondary N) is 1. The molecule has 0 spiro atoms. The molecule has 0 aliphatic rings. The van der Waals surface area contributed by atoms with Crippen molar-refractivity contribution in [3.05, 3.63) is 50.4 Å². The van der Waals surface area contributed by atoms with Crippen molar-refractivity contribution in [2.45, 2.75) is 0 Å². The van der Waals surface area contributed by atoms with Crippen molar-refractivity contribution in [2.24, 2.45) is 5.10 Å². The average Bonchev–Trinajstić information content (AvgIpc) is 2.66. The van der Waals surface area contributed by atoms with E-state index in [1.54, 1.807) is 24.3 Å². The number of hydrogen-bond donors (Lipinski definition) is 2. The van der Waals surface area contributed by atoms with Crippen LogP contribution in [0.2, 0.25) is 0 Å². The number of aliphatic carboxylic acids is 1. The lowest BCUT2D eigenvalue weighted by molar-refractivity contribution is -0.139. The highest BCUT2D eigenvalue weighted by Gasteiger charge is 2.12. The second kappa shape index (κ2) is 10.1. The fourth-order valence-corrected chi connectivity index (χ4v) is 3.54. The molecular weight excluding hydrogens is 500 g/mol. The zero-order valence-corrected chi connectivity index (χ0v) is 18.0. The Balaban J connectivity index is 2.18. The van der Waals surface area contributed by atoms with E-state index in [1.165, 1.54) is 26.5 Å². The van der Waals surface area contributed by atoms with Crippen LogP contribution in [0.5, 0.6) is 17.2 Å². The number of carbonyl (C=O) groups is 2. The maximum Gasteiger partial charge on any atom is 0.341 e. The van der Waals surface area contributed by atoms with E-state index < -0.39 is 18.5 Å². The van der Waals surface area contributed by atoms with E-state index in [2.05, 4.69) is 42.4 Å². The highest BCUT2D eigenvalue weighted by molar-refractivity contribution is 9.11. The van der Waals surface area contributed by atoms with Gasteiger partial charge in [-0.2, -0.15) is 5.10 Å². The molecule has 0 atom stereocenters. The summed E-state index contributed by atoms with van der Waals surface area (Å²) in [6.07, 6.45) is 1.35. The minimum Gasteiger partial charge on any atom is -0.493 e. The third-order valence-electron chi connectivity index (χ3n) is 3.39. The molecule has 0 radical (unpaired) electrons. The molecule has 28 heavy (non-hydrogen) atoms. The molecule has 0 unspecified atom stereocenters. The number of methoxy groups -OCH3 is 2. The highest BCUT2D eigenvalue weighted by atomic mass is 79.9. The molecule has 2 aromatic rings. The molecule has 1 amide bonds. The van der Waals surface area contributed by atoms with Gasteiger partial charge < -0.3 is 19.3 Å². The van der Waals surface area contributed by atoms with E-state index in [0.29, 0.717) is 27.1 Å². The largest absolute Gasteiger partial charge is 0.493 e. The quantitative estimate of drug-likeness (QED) is 0.412. The van der Waals surface area contributed by atoms with Gasteiger partial charge in [0.05, 0.1) is 24.9 Å². The van der Waals surface area contributed by atoms with Gasteiger partial charge in [-0.05, 0) is 46.3 Å². The van der Waals surface area contributed by atoms with Crippen molar-refractivity contribution in [3.8, 4) is 17.2 Å². The number of rotatable bonds is 8. The van der Waals surface area contributed by atoms with Crippen LogP contribution >= 0.6 is 31.9 Å². The van der Waals surface area contributed by atoms with Crippen molar-refractivity contribution in [1.82, 2.24) is 5.43 Å². The topological polar surface area (TPSA) is 106 Å². The van der Waals surface area contributed by atoms with Crippen molar-refractivity contribution < 1.29 is 28.9 Å². The molecule has 8 nitrogen and oxygen atoms in total. The van der Waals surface area contributed by atoms with Crippen molar-refractivity contribution in [1.29, 1.82) is 0 Å². The van der Waals surface area contributed by atoms with Crippen molar-refractivity contribution in [3.63, 3.8) is 0 Å². The van der Waals surface area contributed by atoms with Crippen LogP contribution in [-0.4, -0.2) is 44.0 Å². The number of carbonyl (C=O) groups excluding carboxylic acids is 1. The Morgan fingerprint density at radius 2 is 1.86 bits per heavy atom. The summed E-state index contributed by atoms with van der Waals surface area (Å²) < 4.78 is 16.8. The number of nitrogens with zero attached hydrogens (tertiary/aromatic N) is 1. The standard InChI is InChI=1S/C18H16Br2N2O6/c1-26-14-4-3-10(6-15(14)27-2)18(25)22-21-8-11-5-12(19)7-13(20)17(11)28-9-16(23)24/h3-8H,9H2,1-2H3,(H,22,25)(H,23,24)/b21-8+. The molecule has 0 saturated carbocycles. The Morgan fingerprint density at radius 3 is 2.50 bits per heavy atom. The lowest BCUT2D eigenvalue weighted by Gasteiger charge is -2.10. The molecule has 0 fully saturated rings. The predicted molar refractivity (Wildman–Crippen MR) is 110 cm³/mol. The first-order chi connectivity index (χ1) is 13.3. The first kappa shape index (κ1) is 21.7. The zero-order chi connectivity index (χ0) is 20.7. The molecule has 2 rings (SSSR count). The van der Waals surface area contributed by atoms with E-state index in [-0.39, 0.29) is 5.75 Å². The van der Waals surface area contributed by atoms with Gasteiger partial charge in [-0.3, -0.25) is 4.79 Å². The Labute approximate surface area is 177 Å². The van der Waals surface area contributed by atoms with Crippen LogP contribution in [0.1, 0.15) is 15.9 Å². The van der Waals surface area contributed by atoms with Gasteiger partial charge in [0.2, 0.25) is 0 Å². The number of carboxylic acids is 1. The Hall–Kier alpha value is -2.59. The first-order valence-electron chi connectivity index (χ1n) is 7.74. The van der Waals surface area contributed by atoms with Gasteiger partial charge >= 0.3 is 5.97 Å². The summed E-state index contributed by atoms with van der Waals surface area (Å²) in [5.74, 6) is -0.366. The maximum absolute atomic E-state index is 12.3. The van der Waals surface area contributed by atoms with Crippen LogP contribution in [0.4, 0.5) is 0 Å². The molecule has 148 valence electrons. The fourth-order valence-electron chi connectivity index (χ4n) is 2.16. The molecule has 2 N–H and O–H groups in total. The van der Waals surface area contributed by atoms with Gasteiger partial charge in [0.15, 0.2) is 18.1 Å². The second-order valence-corrected chi connectivity index (χ2v) is 7.03. The van der Waals surface area contributed by atoms with Crippen molar-refractivity contribution >= 4 is 50.0 Å². The molecular formula is C18H16Br2N2O6. The minimum absolute atomic E-state index is 0.287. The third-order valence-corrected chi connectivity index (χ3v) is 4.44. The van der Waals surface area contributed by atoms with Gasteiger partial charge in [-0.25, -0.2) is 10.2 Å². The Kier molecular flexibility index (Phi) is 7.82. The third kappa shape index (κ3) is 5.70. The van der Waals surface area contributed by atoms with Crippen LogP contribution in [-0.2, 0) is 4.79 Å². The number of hydrazone groups is 1. The summed E-state index contributed by atoms with van der Waals surface area (Å²) in [6.45, 7) is -0.515. The van der Waals surface area contributed by atoms with E-state index in [9.17, 15) is 9.59 Å². The number of benzene rings is 2.